The zero-order valence-electron chi connectivity index (χ0n) is 16.2. The maximum absolute atomic E-state index is 12.7. The monoisotopic (exact) mass is 337 g/mol. The summed E-state index contributed by atoms with van der Waals surface area (Å²) in [4.78, 5) is 12.7. The third-order valence-electron chi connectivity index (χ3n) is 4.88. The van der Waals surface area contributed by atoms with Crippen molar-refractivity contribution in [3.8, 4) is 0 Å². The van der Waals surface area contributed by atoms with E-state index in [1.165, 1.54) is 11.1 Å². The summed E-state index contributed by atoms with van der Waals surface area (Å²) in [6, 6.07) is 16.6. The van der Waals surface area contributed by atoms with Crippen molar-refractivity contribution in [2.24, 2.45) is 5.92 Å². The smallest absolute Gasteiger partial charge is 0.231 e. The lowest BCUT2D eigenvalue weighted by Gasteiger charge is -2.18. The van der Waals surface area contributed by atoms with Gasteiger partial charge in [-0.2, -0.15) is 0 Å². The Bertz CT molecular complexity index is 687. The summed E-state index contributed by atoms with van der Waals surface area (Å²) in [6.45, 7) is 10.8. The summed E-state index contributed by atoms with van der Waals surface area (Å²) in [5, 5.41) is 3.13. The Kier molecular flexibility index (Phi) is 6.81. The summed E-state index contributed by atoms with van der Waals surface area (Å²) >= 11 is 0. The van der Waals surface area contributed by atoms with E-state index in [0.29, 0.717) is 11.8 Å². The van der Waals surface area contributed by atoms with E-state index in [1.807, 2.05) is 25.1 Å². The largest absolute Gasteiger partial charge is 0.325 e. The second-order valence-corrected chi connectivity index (χ2v) is 7.45. The maximum Gasteiger partial charge on any atom is 0.231 e. The van der Waals surface area contributed by atoms with Crippen molar-refractivity contribution in [1.29, 1.82) is 0 Å². The van der Waals surface area contributed by atoms with Crippen LogP contribution < -0.4 is 5.32 Å². The summed E-state index contributed by atoms with van der Waals surface area (Å²) in [5.41, 5.74) is 4.53. The molecule has 2 aromatic rings. The third kappa shape index (κ3) is 5.19. The SMILES string of the molecule is CC[C@@H](C)c1ccccc1NC(=O)[C@@H](C)c1ccc(CC(C)C)cc1. The number of rotatable bonds is 7. The Morgan fingerprint density at radius 1 is 0.960 bits per heavy atom. The lowest BCUT2D eigenvalue weighted by molar-refractivity contribution is -0.117. The minimum Gasteiger partial charge on any atom is -0.325 e. The van der Waals surface area contributed by atoms with Gasteiger partial charge in [0.05, 0.1) is 5.92 Å². The van der Waals surface area contributed by atoms with Gasteiger partial charge in [0, 0.05) is 5.69 Å². The molecule has 0 saturated carbocycles. The van der Waals surface area contributed by atoms with Gasteiger partial charge in [0.25, 0.3) is 0 Å². The number of carbonyl (C=O) groups excluding carboxylic acids is 1. The number of para-hydroxylation sites is 1. The fourth-order valence-electron chi connectivity index (χ4n) is 3.07. The molecule has 2 atom stereocenters. The van der Waals surface area contributed by atoms with Crippen LogP contribution in [0.15, 0.2) is 48.5 Å². The van der Waals surface area contributed by atoms with E-state index < -0.39 is 0 Å². The normalized spacial score (nSPS) is 13.5. The highest BCUT2D eigenvalue weighted by molar-refractivity contribution is 5.96. The van der Waals surface area contributed by atoms with Gasteiger partial charge in [0.2, 0.25) is 5.91 Å². The van der Waals surface area contributed by atoms with Gasteiger partial charge in [0.15, 0.2) is 0 Å². The Labute approximate surface area is 152 Å². The lowest BCUT2D eigenvalue weighted by Crippen LogP contribution is -2.20. The van der Waals surface area contributed by atoms with Crippen LogP contribution in [-0.2, 0) is 11.2 Å². The van der Waals surface area contributed by atoms with Gasteiger partial charge >= 0.3 is 0 Å². The van der Waals surface area contributed by atoms with Crippen LogP contribution in [-0.4, -0.2) is 5.91 Å². The van der Waals surface area contributed by atoms with Gasteiger partial charge in [0.1, 0.15) is 0 Å². The predicted octanol–water partition coefficient (Wildman–Crippen LogP) is 6.14. The zero-order chi connectivity index (χ0) is 18.4. The van der Waals surface area contributed by atoms with Crippen molar-refractivity contribution in [2.45, 2.75) is 59.3 Å². The van der Waals surface area contributed by atoms with Crippen molar-refractivity contribution in [2.75, 3.05) is 5.32 Å². The van der Waals surface area contributed by atoms with E-state index >= 15 is 0 Å². The third-order valence-corrected chi connectivity index (χ3v) is 4.88. The lowest BCUT2D eigenvalue weighted by atomic mass is 9.95. The molecular formula is C23H31NO. The van der Waals surface area contributed by atoms with Gasteiger partial charge in [-0.25, -0.2) is 0 Å². The van der Waals surface area contributed by atoms with E-state index in [2.05, 4.69) is 63.3 Å². The highest BCUT2D eigenvalue weighted by atomic mass is 16.1. The number of amides is 1. The average Bonchev–Trinajstić information content (AvgIpc) is 2.61. The molecule has 2 heteroatoms. The second-order valence-electron chi connectivity index (χ2n) is 7.45. The van der Waals surface area contributed by atoms with Crippen molar-refractivity contribution in [3.63, 3.8) is 0 Å². The van der Waals surface area contributed by atoms with Crippen LogP contribution in [0, 0.1) is 5.92 Å². The van der Waals surface area contributed by atoms with Crippen LogP contribution in [0.2, 0.25) is 0 Å². The highest BCUT2D eigenvalue weighted by Gasteiger charge is 2.17. The van der Waals surface area contributed by atoms with Crippen molar-refractivity contribution in [1.82, 2.24) is 0 Å². The van der Waals surface area contributed by atoms with E-state index in [0.717, 1.165) is 24.1 Å². The molecule has 2 rings (SSSR count). The van der Waals surface area contributed by atoms with Gasteiger partial charge in [-0.15, -0.1) is 0 Å². The van der Waals surface area contributed by atoms with Crippen LogP contribution in [0.3, 0.4) is 0 Å². The topological polar surface area (TPSA) is 29.1 Å². The molecule has 0 heterocycles. The number of nitrogens with one attached hydrogen (secondary N) is 1. The molecule has 0 radical (unpaired) electrons. The molecule has 0 fully saturated rings. The summed E-state index contributed by atoms with van der Waals surface area (Å²) < 4.78 is 0. The molecule has 1 N–H and O–H groups in total. The number of anilines is 1. The molecule has 0 aliphatic rings. The Morgan fingerprint density at radius 2 is 1.60 bits per heavy atom. The fraction of sp³-hybridized carbons (Fsp3) is 0.435. The molecule has 2 nitrogen and oxygen atoms in total. The quantitative estimate of drug-likeness (QED) is 0.646. The van der Waals surface area contributed by atoms with Crippen molar-refractivity contribution in [3.05, 3.63) is 65.2 Å². The van der Waals surface area contributed by atoms with E-state index in [9.17, 15) is 4.79 Å². The minimum atomic E-state index is -0.168. The van der Waals surface area contributed by atoms with Crippen LogP contribution in [0.1, 0.15) is 69.6 Å². The standard InChI is InChI=1S/C23H31NO/c1-6-17(4)21-9-7-8-10-22(21)24-23(25)18(5)20-13-11-19(12-14-20)15-16(2)3/h7-14,16-18H,6,15H2,1-5H3,(H,24,25)/t17-,18+/m1/s1. The molecule has 2 aromatic carbocycles. The molecular weight excluding hydrogens is 306 g/mol. The van der Waals surface area contributed by atoms with Crippen LogP contribution in [0.4, 0.5) is 5.69 Å². The predicted molar refractivity (Wildman–Crippen MR) is 107 cm³/mol. The van der Waals surface area contributed by atoms with Gasteiger partial charge in [-0.3, -0.25) is 4.79 Å². The Hall–Kier alpha value is -2.09. The fourth-order valence-corrected chi connectivity index (χ4v) is 3.07. The van der Waals surface area contributed by atoms with Crippen LogP contribution in [0.5, 0.6) is 0 Å². The summed E-state index contributed by atoms with van der Waals surface area (Å²) in [5.74, 6) is 0.955. The van der Waals surface area contributed by atoms with E-state index in [1.54, 1.807) is 0 Å². The molecule has 134 valence electrons. The first-order valence-corrected chi connectivity index (χ1v) is 9.41. The molecule has 0 unspecified atom stereocenters. The van der Waals surface area contributed by atoms with Gasteiger partial charge in [-0.05, 0) is 54.4 Å². The van der Waals surface area contributed by atoms with Crippen molar-refractivity contribution >= 4 is 11.6 Å². The minimum absolute atomic E-state index is 0.0485. The number of hydrogen-bond acceptors (Lipinski definition) is 1. The molecule has 0 aliphatic heterocycles. The zero-order valence-corrected chi connectivity index (χ0v) is 16.2. The molecule has 0 aromatic heterocycles. The maximum atomic E-state index is 12.7. The number of hydrogen-bond donors (Lipinski definition) is 1. The van der Waals surface area contributed by atoms with E-state index in [-0.39, 0.29) is 11.8 Å². The molecule has 0 bridgehead atoms. The first-order valence-electron chi connectivity index (χ1n) is 9.41. The van der Waals surface area contributed by atoms with Gasteiger partial charge in [-0.1, -0.05) is 70.2 Å². The highest BCUT2D eigenvalue weighted by Crippen LogP contribution is 2.28. The van der Waals surface area contributed by atoms with Gasteiger partial charge < -0.3 is 5.32 Å². The average molecular weight is 338 g/mol. The number of carbonyl (C=O) groups is 1. The Balaban J connectivity index is 2.10. The first kappa shape index (κ1) is 19.2. The van der Waals surface area contributed by atoms with Crippen molar-refractivity contribution < 1.29 is 4.79 Å². The first-order chi connectivity index (χ1) is 11.9. The molecule has 0 saturated heterocycles. The molecule has 25 heavy (non-hydrogen) atoms. The summed E-state index contributed by atoms with van der Waals surface area (Å²) in [6.07, 6.45) is 2.13. The molecule has 0 aliphatic carbocycles. The number of benzene rings is 2. The molecule has 0 spiro atoms. The van der Waals surface area contributed by atoms with Crippen LogP contribution in [0.25, 0.3) is 0 Å². The van der Waals surface area contributed by atoms with E-state index in [4.69, 9.17) is 0 Å². The molecule has 1 amide bonds. The second kappa shape index (κ2) is 8.84. The summed E-state index contributed by atoms with van der Waals surface area (Å²) in [7, 11) is 0. The Morgan fingerprint density at radius 3 is 2.20 bits per heavy atom. The van der Waals surface area contributed by atoms with Crippen LogP contribution >= 0.6 is 0 Å².